The molecule has 0 radical (unpaired) electrons. The summed E-state index contributed by atoms with van der Waals surface area (Å²) in [7, 11) is 0. The highest BCUT2D eigenvalue weighted by Gasteiger charge is 2.23. The van der Waals surface area contributed by atoms with Gasteiger partial charge in [-0.15, -0.1) is 23.1 Å². The van der Waals surface area contributed by atoms with Gasteiger partial charge in [0.2, 0.25) is 0 Å². The zero-order chi connectivity index (χ0) is 17.9. The van der Waals surface area contributed by atoms with Gasteiger partial charge >= 0.3 is 0 Å². The predicted molar refractivity (Wildman–Crippen MR) is 108 cm³/mol. The fourth-order valence-electron chi connectivity index (χ4n) is 3.28. The van der Waals surface area contributed by atoms with Gasteiger partial charge in [-0.05, 0) is 55.2 Å². The number of rotatable bonds is 5. The van der Waals surface area contributed by atoms with Crippen LogP contribution in [0.2, 0.25) is 0 Å². The van der Waals surface area contributed by atoms with Gasteiger partial charge in [-0.25, -0.2) is 4.98 Å². The second-order valence-corrected chi connectivity index (χ2v) is 8.55. The molecule has 132 valence electrons. The van der Waals surface area contributed by atoms with E-state index in [0.29, 0.717) is 5.56 Å². The van der Waals surface area contributed by atoms with Crippen molar-refractivity contribution in [3.05, 3.63) is 81.3 Å². The van der Waals surface area contributed by atoms with Crippen molar-refractivity contribution in [2.45, 2.75) is 36.5 Å². The SMILES string of the molecule is Cc1nc(CSc2ccc(C(=O)N[C@H]3CCc4ccccc43)cc2)cs1. The summed E-state index contributed by atoms with van der Waals surface area (Å²) in [5.74, 6) is 0.854. The molecular weight excluding hydrogens is 360 g/mol. The van der Waals surface area contributed by atoms with Gasteiger partial charge in [0.15, 0.2) is 0 Å². The molecule has 4 rings (SSSR count). The van der Waals surface area contributed by atoms with Gasteiger partial charge in [-0.2, -0.15) is 0 Å². The lowest BCUT2D eigenvalue weighted by molar-refractivity contribution is 0.0936. The molecule has 1 aliphatic rings. The number of aromatic nitrogens is 1. The number of thiazole rings is 1. The van der Waals surface area contributed by atoms with E-state index in [1.807, 2.05) is 37.3 Å². The molecule has 0 saturated carbocycles. The van der Waals surface area contributed by atoms with E-state index in [9.17, 15) is 4.79 Å². The summed E-state index contributed by atoms with van der Waals surface area (Å²) in [6.45, 7) is 2.02. The number of carbonyl (C=O) groups is 1. The van der Waals surface area contributed by atoms with Gasteiger partial charge in [0.05, 0.1) is 16.7 Å². The number of thioether (sulfide) groups is 1. The first-order valence-electron chi connectivity index (χ1n) is 8.71. The number of benzene rings is 2. The molecule has 2 aromatic carbocycles. The van der Waals surface area contributed by atoms with Crippen LogP contribution in [0, 0.1) is 6.92 Å². The lowest BCUT2D eigenvalue weighted by atomic mass is 10.1. The first-order valence-corrected chi connectivity index (χ1v) is 10.6. The Morgan fingerprint density at radius 1 is 1.23 bits per heavy atom. The van der Waals surface area contributed by atoms with Crippen LogP contribution >= 0.6 is 23.1 Å². The molecule has 3 nitrogen and oxygen atoms in total. The number of nitrogens with zero attached hydrogens (tertiary/aromatic N) is 1. The number of amides is 1. The number of carbonyl (C=O) groups excluding carboxylic acids is 1. The summed E-state index contributed by atoms with van der Waals surface area (Å²) >= 11 is 3.42. The number of aryl methyl sites for hydroxylation is 2. The second kappa shape index (κ2) is 7.64. The Balaban J connectivity index is 1.37. The minimum atomic E-state index is -0.00150. The van der Waals surface area contributed by atoms with Crippen LogP contribution in [0.1, 0.15) is 44.6 Å². The normalized spacial score (nSPS) is 15.7. The maximum atomic E-state index is 12.6. The number of fused-ring (bicyclic) bond motifs is 1. The maximum Gasteiger partial charge on any atom is 0.251 e. The Labute approximate surface area is 161 Å². The molecular formula is C21H20N2OS2. The fourth-order valence-corrected chi connectivity index (χ4v) is 4.79. The zero-order valence-corrected chi connectivity index (χ0v) is 16.2. The lowest BCUT2D eigenvalue weighted by Crippen LogP contribution is -2.27. The van der Waals surface area contributed by atoms with Crippen LogP contribution in [0.4, 0.5) is 0 Å². The van der Waals surface area contributed by atoms with Crippen molar-refractivity contribution < 1.29 is 4.79 Å². The van der Waals surface area contributed by atoms with Crippen LogP contribution in [0.3, 0.4) is 0 Å². The number of hydrogen-bond acceptors (Lipinski definition) is 4. The van der Waals surface area contributed by atoms with Crippen LogP contribution in [0.15, 0.2) is 58.8 Å². The third-order valence-corrected chi connectivity index (χ3v) is 6.48. The van der Waals surface area contributed by atoms with E-state index >= 15 is 0 Å². The van der Waals surface area contributed by atoms with Crippen LogP contribution < -0.4 is 5.32 Å². The van der Waals surface area contributed by atoms with Gasteiger partial charge in [0, 0.05) is 21.6 Å². The average molecular weight is 381 g/mol. The minimum Gasteiger partial charge on any atom is -0.345 e. The molecule has 0 aliphatic heterocycles. The van der Waals surface area contributed by atoms with Crippen LogP contribution in [-0.4, -0.2) is 10.9 Å². The Morgan fingerprint density at radius 3 is 2.81 bits per heavy atom. The van der Waals surface area contributed by atoms with Gasteiger partial charge in [0.1, 0.15) is 0 Å². The molecule has 1 N–H and O–H groups in total. The summed E-state index contributed by atoms with van der Waals surface area (Å²) in [5.41, 5.74) is 4.43. The van der Waals surface area contributed by atoms with Crippen molar-refractivity contribution in [2.75, 3.05) is 0 Å². The van der Waals surface area contributed by atoms with Gasteiger partial charge in [0.25, 0.3) is 5.91 Å². The fraction of sp³-hybridized carbons (Fsp3) is 0.238. The van der Waals surface area contributed by atoms with Crippen LogP contribution in [0.25, 0.3) is 0 Å². The van der Waals surface area contributed by atoms with Crippen LogP contribution in [0.5, 0.6) is 0 Å². The minimum absolute atomic E-state index is 0.00150. The zero-order valence-electron chi connectivity index (χ0n) is 14.6. The summed E-state index contributed by atoms with van der Waals surface area (Å²) in [4.78, 5) is 18.2. The van der Waals surface area contributed by atoms with Crippen molar-refractivity contribution in [3.63, 3.8) is 0 Å². The third kappa shape index (κ3) is 3.84. The predicted octanol–water partition coefficient (Wildman–Crippen LogP) is 5.16. The standard InChI is InChI=1S/C21H20N2OS2/c1-14-22-17(12-25-14)13-26-18-9-6-16(7-10-18)21(24)23-20-11-8-15-4-2-3-5-19(15)20/h2-7,9-10,12,20H,8,11,13H2,1H3,(H,23,24)/t20-/m0/s1. The van der Waals surface area contributed by atoms with E-state index in [-0.39, 0.29) is 11.9 Å². The average Bonchev–Trinajstić information content (AvgIpc) is 3.27. The second-order valence-electron chi connectivity index (χ2n) is 6.43. The Bertz CT molecular complexity index is 918. The molecule has 0 unspecified atom stereocenters. The molecule has 3 aromatic rings. The van der Waals surface area contributed by atoms with Crippen molar-refractivity contribution >= 4 is 29.0 Å². The van der Waals surface area contributed by atoms with Crippen molar-refractivity contribution in [1.82, 2.24) is 10.3 Å². The van der Waals surface area contributed by atoms with E-state index in [1.54, 1.807) is 23.1 Å². The molecule has 26 heavy (non-hydrogen) atoms. The molecule has 0 spiro atoms. The molecule has 1 aliphatic carbocycles. The highest BCUT2D eigenvalue weighted by atomic mass is 32.2. The number of nitrogens with one attached hydrogen (secondary N) is 1. The monoisotopic (exact) mass is 380 g/mol. The quantitative estimate of drug-likeness (QED) is 0.622. The molecule has 0 saturated heterocycles. The van der Waals surface area contributed by atoms with Gasteiger partial charge in [-0.3, -0.25) is 4.79 Å². The molecule has 1 heterocycles. The topological polar surface area (TPSA) is 42.0 Å². The van der Waals surface area contributed by atoms with Gasteiger partial charge in [-0.1, -0.05) is 24.3 Å². The van der Waals surface area contributed by atoms with Crippen molar-refractivity contribution in [2.24, 2.45) is 0 Å². The molecule has 1 atom stereocenters. The molecule has 0 bridgehead atoms. The molecule has 0 fully saturated rings. The number of hydrogen-bond donors (Lipinski definition) is 1. The first-order chi connectivity index (χ1) is 12.7. The van der Waals surface area contributed by atoms with Crippen molar-refractivity contribution in [1.29, 1.82) is 0 Å². The molecule has 1 amide bonds. The Hall–Kier alpha value is -2.11. The Kier molecular flexibility index (Phi) is 5.09. The van der Waals surface area contributed by atoms with E-state index < -0.39 is 0 Å². The summed E-state index contributed by atoms with van der Waals surface area (Å²) < 4.78 is 0. The van der Waals surface area contributed by atoms with Gasteiger partial charge < -0.3 is 5.32 Å². The summed E-state index contributed by atoms with van der Waals surface area (Å²) in [5, 5.41) is 6.38. The first kappa shape index (κ1) is 17.3. The lowest BCUT2D eigenvalue weighted by Gasteiger charge is -2.14. The van der Waals surface area contributed by atoms with E-state index in [1.165, 1.54) is 11.1 Å². The van der Waals surface area contributed by atoms with E-state index in [4.69, 9.17) is 0 Å². The van der Waals surface area contributed by atoms with E-state index in [0.717, 1.165) is 34.2 Å². The smallest absolute Gasteiger partial charge is 0.251 e. The van der Waals surface area contributed by atoms with Crippen LogP contribution in [-0.2, 0) is 12.2 Å². The highest BCUT2D eigenvalue weighted by Crippen LogP contribution is 2.31. The van der Waals surface area contributed by atoms with E-state index in [2.05, 4.69) is 33.9 Å². The third-order valence-electron chi connectivity index (χ3n) is 4.61. The largest absolute Gasteiger partial charge is 0.345 e. The maximum absolute atomic E-state index is 12.6. The highest BCUT2D eigenvalue weighted by molar-refractivity contribution is 7.98. The summed E-state index contributed by atoms with van der Waals surface area (Å²) in [6, 6.07) is 16.3. The summed E-state index contributed by atoms with van der Waals surface area (Å²) in [6.07, 6.45) is 2.01. The Morgan fingerprint density at radius 2 is 2.04 bits per heavy atom. The van der Waals surface area contributed by atoms with Crippen molar-refractivity contribution in [3.8, 4) is 0 Å². The molecule has 1 aromatic heterocycles. The molecule has 5 heteroatoms.